The monoisotopic (exact) mass is 1450 g/mol. The van der Waals surface area contributed by atoms with Crippen molar-refractivity contribution in [1.29, 1.82) is 0 Å². The van der Waals surface area contributed by atoms with Crippen LogP contribution in [-0.4, -0.2) is 39.9 Å². The number of benzene rings is 2. The van der Waals surface area contributed by atoms with E-state index in [-0.39, 0.29) is 0 Å². The highest BCUT2D eigenvalue weighted by Gasteiger charge is 2.27. The molecule has 0 spiro atoms. The molecule has 9 nitrogen and oxygen atoms in total. The highest BCUT2D eigenvalue weighted by atomic mass is 32.1. The van der Waals surface area contributed by atoms with Crippen molar-refractivity contribution in [2.45, 2.75) is 284 Å². The van der Waals surface area contributed by atoms with Crippen LogP contribution in [0.2, 0.25) is 0 Å². The summed E-state index contributed by atoms with van der Waals surface area (Å²) >= 11 is 5.30. The smallest absolute Gasteiger partial charge is 0.167 e. The number of aryl methyl sites for hydroxylation is 5. The molecule has 11 rings (SSSR count). The van der Waals surface area contributed by atoms with E-state index < -0.39 is 0 Å². The van der Waals surface area contributed by atoms with Crippen LogP contribution in [0.5, 0.6) is 0 Å². The molecule has 0 N–H and O–H groups in total. The molecule has 2 saturated carbocycles. The average Bonchev–Trinajstić information content (AvgIpc) is 1.69. The van der Waals surface area contributed by atoms with E-state index in [2.05, 4.69) is 282 Å². The minimum Gasteiger partial charge on any atom is -0.356 e. The predicted molar refractivity (Wildman–Crippen MR) is 446 cm³/mol. The number of rotatable bonds is 12. The molecule has 0 radical (unpaired) electrons. The third-order valence-corrected chi connectivity index (χ3v) is 18.2. The van der Waals surface area contributed by atoms with E-state index in [1.165, 1.54) is 99.3 Å². The van der Waals surface area contributed by atoms with Crippen LogP contribution >= 0.6 is 34.0 Å². The molecule has 2 aliphatic rings. The number of hydrogen-bond acceptors (Lipinski definition) is 11. The number of hydrogen-bond donors (Lipinski definition) is 0. The van der Waals surface area contributed by atoms with Gasteiger partial charge in [0.15, 0.2) is 5.76 Å². The van der Waals surface area contributed by atoms with Crippen molar-refractivity contribution < 1.29 is 4.52 Å². The summed E-state index contributed by atoms with van der Waals surface area (Å²) in [4.78, 5) is 23.3. The lowest BCUT2D eigenvalue weighted by molar-refractivity contribution is 0.354. The van der Waals surface area contributed by atoms with Gasteiger partial charge in [-0.25, -0.2) is 15.0 Å². The Morgan fingerprint density at radius 3 is 1.31 bits per heavy atom. The Bertz CT molecular complexity index is 3450. The van der Waals surface area contributed by atoms with Gasteiger partial charge in [-0.15, -0.1) is 34.0 Å². The average molecular weight is 1450 g/mol. The van der Waals surface area contributed by atoms with Gasteiger partial charge >= 0.3 is 0 Å². The Kier molecular flexibility index (Phi) is 37.4. The number of thiazole rings is 3. The highest BCUT2D eigenvalue weighted by molar-refractivity contribution is 7.15. The molecule has 0 aliphatic heterocycles. The maximum absolute atomic E-state index is 5.19. The third-order valence-electron chi connectivity index (χ3n) is 15.3. The molecule has 7 aromatic heterocycles. The molecule has 2 aliphatic carbocycles. The Balaban J connectivity index is 0.000000300. The van der Waals surface area contributed by atoms with Crippen LogP contribution in [-0.2, 0) is 52.0 Å². The standard InChI is InChI=1S/C15H19NS.C11H11NO.2C10H15N.C9H16N2.2C9H15NS.C9H18.C8H16/c1-11-13(10-15(2,3)4)17-14(16-11)12-8-6-5-7-9-12;1-2-10-8-11(13-12-10)9-6-4-3-5-7-9;1-10(2,3)7-9-5-4-6-11-8-9;1-10(2,3)8-9-6-4-5-7-11-9;1-9(2,3)5-8-6-10-11(4)7-8;2*1-7-10-8(6-11-7)5-9(2,3)4;1-9(2,3)7-6-8-4-5-8;1-8(2,3)6-7-4-5-7/h5-9H,10H2,1-4H3;3-8H,2H2,1H3;4-6,8H,7H2,1-3H3;4-7H,8H2,1-3H3;6-7H,5H2,1-4H3;2*6H,5H2,1-4H3;8H,4-7H2,1-3H3;7H,4-6H2,1-3H3. The first-order valence-electron chi connectivity index (χ1n) is 37.7. The van der Waals surface area contributed by atoms with Crippen LogP contribution in [0, 0.1) is 75.9 Å². The van der Waals surface area contributed by atoms with Crippen LogP contribution in [0.3, 0.4) is 0 Å². The van der Waals surface area contributed by atoms with E-state index in [1.54, 1.807) is 22.7 Å². The Labute approximate surface area is 635 Å². The summed E-state index contributed by atoms with van der Waals surface area (Å²) < 4.78 is 7.04. The van der Waals surface area contributed by atoms with Crippen LogP contribution in [0.4, 0.5) is 0 Å². The molecule has 0 bridgehead atoms. The van der Waals surface area contributed by atoms with Gasteiger partial charge in [0.25, 0.3) is 0 Å². The number of nitrogens with zero attached hydrogens (tertiary/aromatic N) is 8. The highest BCUT2D eigenvalue weighted by Crippen LogP contribution is 2.40. The van der Waals surface area contributed by atoms with Gasteiger partial charge < -0.3 is 4.52 Å². The van der Waals surface area contributed by atoms with E-state index in [1.807, 2.05) is 109 Å². The third kappa shape index (κ3) is 47.4. The number of pyridine rings is 2. The van der Waals surface area contributed by atoms with Crippen LogP contribution in [0.25, 0.3) is 21.9 Å². The summed E-state index contributed by atoms with van der Waals surface area (Å²) in [6.45, 7) is 62.6. The van der Waals surface area contributed by atoms with Gasteiger partial charge in [0.2, 0.25) is 0 Å². The first-order valence-corrected chi connectivity index (χ1v) is 40.3. The molecule has 12 heteroatoms. The first kappa shape index (κ1) is 90.3. The second-order valence-corrected chi connectivity index (χ2v) is 41.1. The molecular formula is C90H140N8OS3. The predicted octanol–water partition coefficient (Wildman–Crippen LogP) is 27.1. The summed E-state index contributed by atoms with van der Waals surface area (Å²) in [5.74, 6) is 3.05. The molecule has 7 heterocycles. The lowest BCUT2D eigenvalue weighted by Crippen LogP contribution is -2.09. The van der Waals surface area contributed by atoms with E-state index in [9.17, 15) is 0 Å². The van der Waals surface area contributed by atoms with Gasteiger partial charge in [0.1, 0.15) is 5.01 Å². The molecule has 0 atom stereocenters. The van der Waals surface area contributed by atoms with Crippen molar-refractivity contribution in [3.8, 4) is 21.9 Å². The van der Waals surface area contributed by atoms with Gasteiger partial charge in [0.05, 0.1) is 39.0 Å². The lowest BCUT2D eigenvalue weighted by atomic mass is 9.89. The fourth-order valence-electron chi connectivity index (χ4n) is 10.6. The molecule has 0 saturated heterocycles. The van der Waals surface area contributed by atoms with Crippen molar-refractivity contribution in [1.82, 2.24) is 39.9 Å². The first-order chi connectivity index (χ1) is 47.1. The Morgan fingerprint density at radius 1 is 0.461 bits per heavy atom. The van der Waals surface area contributed by atoms with Gasteiger partial charge in [0, 0.05) is 70.4 Å². The fourth-order valence-corrected chi connectivity index (χ4v) is 13.2. The minimum absolute atomic E-state index is 0.325. The zero-order valence-corrected chi connectivity index (χ0v) is 72.0. The Morgan fingerprint density at radius 2 is 0.941 bits per heavy atom. The summed E-state index contributed by atoms with van der Waals surface area (Å²) in [5, 5.41) is 15.8. The topological polar surface area (TPSA) is 108 Å². The Hall–Kier alpha value is -5.95. The fraction of sp³-hybridized carbons (Fsp3) is 0.589. The molecular weight excluding hydrogens is 1310 g/mol. The molecule has 0 unspecified atom stereocenters. The van der Waals surface area contributed by atoms with E-state index in [0.717, 1.165) is 78.8 Å². The summed E-state index contributed by atoms with van der Waals surface area (Å²) in [6.07, 6.45) is 27.4. The van der Waals surface area contributed by atoms with Gasteiger partial charge in [-0.2, -0.15) is 5.10 Å². The maximum atomic E-state index is 5.19. The van der Waals surface area contributed by atoms with Crippen molar-refractivity contribution in [2.75, 3.05) is 0 Å². The molecule has 0 amide bonds. The molecule has 102 heavy (non-hydrogen) atoms. The van der Waals surface area contributed by atoms with Crippen LogP contribution in [0.1, 0.15) is 273 Å². The van der Waals surface area contributed by atoms with E-state index in [0.29, 0.717) is 43.3 Å². The molecule has 9 aromatic rings. The second-order valence-electron chi connectivity index (χ2n) is 37.9. The minimum atomic E-state index is 0.325. The van der Waals surface area contributed by atoms with Gasteiger partial charge in [-0.1, -0.05) is 277 Å². The van der Waals surface area contributed by atoms with E-state index in [4.69, 9.17) is 4.52 Å². The quantitative estimate of drug-likeness (QED) is 0.119. The summed E-state index contributed by atoms with van der Waals surface area (Å²) in [5.41, 5.74) is 14.1. The normalized spacial score (nSPS) is 13.1. The molecule has 564 valence electrons. The lowest BCUT2D eigenvalue weighted by Gasteiger charge is -2.17. The molecule has 2 aromatic carbocycles. The van der Waals surface area contributed by atoms with Crippen LogP contribution in [0.15, 0.2) is 143 Å². The summed E-state index contributed by atoms with van der Waals surface area (Å²) in [6, 6.07) is 32.6. The van der Waals surface area contributed by atoms with Crippen molar-refractivity contribution in [2.24, 2.45) is 62.2 Å². The van der Waals surface area contributed by atoms with Crippen molar-refractivity contribution >= 4 is 34.0 Å². The number of aromatic nitrogens is 8. The second kappa shape index (κ2) is 42.3. The van der Waals surface area contributed by atoms with Gasteiger partial charge in [-0.05, 0) is 169 Å². The zero-order valence-electron chi connectivity index (χ0n) is 69.5. The van der Waals surface area contributed by atoms with Crippen molar-refractivity contribution in [3.05, 3.63) is 193 Å². The van der Waals surface area contributed by atoms with Crippen LogP contribution < -0.4 is 0 Å². The SMILES string of the molecule is CC(C)(C)CC1CC1.CC(C)(C)CCC1CC1.CC(C)(C)Cc1ccccn1.CC(C)(C)Cc1cccnc1.CCc1cc(-c2ccccc2)on1.Cc1nc(-c2ccccc2)sc1CC(C)(C)C.Cc1nc(CC(C)(C)C)cs1.Cc1nc(CC(C)(C)C)cs1.Cn1cc(CC(C)(C)C)cn1. The largest absolute Gasteiger partial charge is 0.356 e. The molecule has 2 fully saturated rings. The maximum Gasteiger partial charge on any atom is 0.167 e. The summed E-state index contributed by atoms with van der Waals surface area (Å²) in [7, 11) is 1.95. The van der Waals surface area contributed by atoms with Crippen molar-refractivity contribution in [3.63, 3.8) is 0 Å². The van der Waals surface area contributed by atoms with Gasteiger partial charge in [-0.3, -0.25) is 14.6 Å². The van der Waals surface area contributed by atoms with E-state index >= 15 is 0 Å². The zero-order chi connectivity index (χ0) is 76.8.